The summed E-state index contributed by atoms with van der Waals surface area (Å²) in [6.45, 7) is 10.5. The predicted molar refractivity (Wildman–Crippen MR) is 86.9 cm³/mol. The van der Waals surface area contributed by atoms with E-state index in [4.69, 9.17) is 14.0 Å². The molecule has 0 aromatic carbocycles. The molecular formula is C17H27N3O4. The van der Waals surface area contributed by atoms with E-state index in [9.17, 15) is 4.79 Å². The van der Waals surface area contributed by atoms with E-state index < -0.39 is 5.60 Å². The van der Waals surface area contributed by atoms with Gasteiger partial charge in [0.1, 0.15) is 5.60 Å². The molecule has 7 nitrogen and oxygen atoms in total. The molecule has 0 N–H and O–H groups in total. The van der Waals surface area contributed by atoms with Gasteiger partial charge in [-0.1, -0.05) is 12.1 Å². The molecule has 2 saturated heterocycles. The van der Waals surface area contributed by atoms with Crippen LogP contribution in [0, 0.1) is 0 Å². The Morgan fingerprint density at radius 2 is 2.04 bits per heavy atom. The number of aromatic nitrogens is 2. The number of nitrogens with zero attached hydrogens (tertiary/aromatic N) is 3. The second-order valence-electron chi connectivity index (χ2n) is 8.05. The van der Waals surface area contributed by atoms with Crippen molar-refractivity contribution in [1.29, 1.82) is 0 Å². The Bertz CT molecular complexity index is 579. The van der Waals surface area contributed by atoms with Crippen molar-refractivity contribution in [2.45, 2.75) is 63.9 Å². The van der Waals surface area contributed by atoms with Gasteiger partial charge in [-0.05, 0) is 40.0 Å². The molecule has 2 fully saturated rings. The summed E-state index contributed by atoms with van der Waals surface area (Å²) < 4.78 is 16.4. The zero-order valence-electron chi connectivity index (χ0n) is 15.0. The van der Waals surface area contributed by atoms with Crippen molar-refractivity contribution in [1.82, 2.24) is 15.0 Å². The number of ether oxygens (including phenoxy) is 2. The Kier molecular flexibility index (Phi) is 4.55. The fourth-order valence-corrected chi connectivity index (χ4v) is 3.11. The van der Waals surface area contributed by atoms with Crippen LogP contribution >= 0.6 is 0 Å². The standard InChI is InChI=1S/C17H27N3O4/c1-16(2,3)23-15(21)20-8-6-17(4,7-9-20)14-18-13(19-24-14)12-5-10-22-11-12/h12H,5-11H2,1-4H3/t12-/m1/s1. The second-order valence-corrected chi connectivity index (χ2v) is 8.05. The minimum Gasteiger partial charge on any atom is -0.444 e. The van der Waals surface area contributed by atoms with Crippen molar-refractivity contribution in [2.24, 2.45) is 0 Å². The van der Waals surface area contributed by atoms with Crippen molar-refractivity contribution >= 4 is 6.09 Å². The third kappa shape index (κ3) is 3.71. The molecule has 0 spiro atoms. The quantitative estimate of drug-likeness (QED) is 0.826. The molecule has 3 rings (SSSR count). The number of hydrogen-bond donors (Lipinski definition) is 0. The van der Waals surface area contributed by atoms with Crippen LogP contribution in [0.4, 0.5) is 4.79 Å². The maximum Gasteiger partial charge on any atom is 0.410 e. The molecule has 0 unspecified atom stereocenters. The van der Waals surface area contributed by atoms with Crippen molar-refractivity contribution in [2.75, 3.05) is 26.3 Å². The van der Waals surface area contributed by atoms with E-state index in [2.05, 4.69) is 17.1 Å². The monoisotopic (exact) mass is 337 g/mol. The molecule has 1 aromatic heterocycles. The predicted octanol–water partition coefficient (Wildman–Crippen LogP) is 2.86. The highest BCUT2D eigenvalue weighted by Crippen LogP contribution is 2.35. The van der Waals surface area contributed by atoms with Gasteiger partial charge in [-0.15, -0.1) is 0 Å². The average Bonchev–Trinajstić information content (AvgIpc) is 3.17. The molecule has 1 amide bonds. The van der Waals surface area contributed by atoms with Gasteiger partial charge in [0, 0.05) is 25.6 Å². The maximum absolute atomic E-state index is 12.2. The molecule has 7 heteroatoms. The van der Waals surface area contributed by atoms with E-state index in [-0.39, 0.29) is 17.4 Å². The minimum atomic E-state index is -0.470. The largest absolute Gasteiger partial charge is 0.444 e. The number of hydrogen-bond acceptors (Lipinski definition) is 6. The lowest BCUT2D eigenvalue weighted by molar-refractivity contribution is 0.0156. The average molecular weight is 337 g/mol. The fraction of sp³-hybridized carbons (Fsp3) is 0.824. The van der Waals surface area contributed by atoms with Gasteiger partial charge < -0.3 is 18.9 Å². The SMILES string of the molecule is CC(C)(C)OC(=O)N1CCC(C)(c2nc([C@@H]3CCOC3)no2)CC1. The van der Waals surface area contributed by atoms with Crippen molar-refractivity contribution < 1.29 is 18.8 Å². The van der Waals surface area contributed by atoms with Crippen molar-refractivity contribution in [3.05, 3.63) is 11.7 Å². The summed E-state index contributed by atoms with van der Waals surface area (Å²) in [4.78, 5) is 18.6. The zero-order valence-corrected chi connectivity index (χ0v) is 15.0. The van der Waals surface area contributed by atoms with Crippen LogP contribution in [0.5, 0.6) is 0 Å². The minimum absolute atomic E-state index is 0.191. The summed E-state index contributed by atoms with van der Waals surface area (Å²) in [5.74, 6) is 1.67. The Morgan fingerprint density at radius 3 is 2.62 bits per heavy atom. The van der Waals surface area contributed by atoms with Gasteiger partial charge in [0.25, 0.3) is 0 Å². The number of carbonyl (C=O) groups excluding carboxylic acids is 1. The summed E-state index contributed by atoms with van der Waals surface area (Å²) in [5, 5.41) is 4.15. The van der Waals surface area contributed by atoms with Gasteiger partial charge in [0.05, 0.1) is 12.0 Å². The van der Waals surface area contributed by atoms with Crippen LogP contribution in [-0.2, 0) is 14.9 Å². The Morgan fingerprint density at radius 1 is 1.33 bits per heavy atom. The smallest absolute Gasteiger partial charge is 0.410 e. The highest BCUT2D eigenvalue weighted by Gasteiger charge is 2.39. The molecule has 0 aliphatic carbocycles. The molecule has 3 heterocycles. The van der Waals surface area contributed by atoms with E-state index >= 15 is 0 Å². The Labute approximate surface area is 142 Å². The summed E-state index contributed by atoms with van der Waals surface area (Å²) >= 11 is 0. The van der Waals surface area contributed by atoms with E-state index in [1.54, 1.807) is 4.90 Å². The Hall–Kier alpha value is -1.63. The van der Waals surface area contributed by atoms with Gasteiger partial charge in [-0.2, -0.15) is 4.98 Å². The van der Waals surface area contributed by atoms with E-state index in [1.165, 1.54) is 0 Å². The van der Waals surface area contributed by atoms with Crippen LogP contribution < -0.4 is 0 Å². The first-order valence-corrected chi connectivity index (χ1v) is 8.67. The lowest BCUT2D eigenvalue weighted by atomic mass is 9.80. The molecule has 0 radical (unpaired) electrons. The molecule has 1 atom stereocenters. The lowest BCUT2D eigenvalue weighted by Crippen LogP contribution is -2.45. The summed E-state index contributed by atoms with van der Waals surface area (Å²) in [6, 6.07) is 0. The van der Waals surface area contributed by atoms with E-state index in [0.717, 1.165) is 31.7 Å². The fourth-order valence-electron chi connectivity index (χ4n) is 3.11. The van der Waals surface area contributed by atoms with Crippen LogP contribution in [0.15, 0.2) is 4.52 Å². The molecule has 134 valence electrons. The molecular weight excluding hydrogens is 310 g/mol. The first-order chi connectivity index (χ1) is 11.3. The molecule has 1 aromatic rings. The second kappa shape index (κ2) is 6.35. The Balaban J connectivity index is 1.61. The molecule has 24 heavy (non-hydrogen) atoms. The normalized spacial score (nSPS) is 24.2. The van der Waals surface area contributed by atoms with E-state index in [0.29, 0.717) is 25.6 Å². The summed E-state index contributed by atoms with van der Waals surface area (Å²) in [6.07, 6.45) is 2.27. The van der Waals surface area contributed by atoms with Gasteiger partial charge in [-0.3, -0.25) is 0 Å². The summed E-state index contributed by atoms with van der Waals surface area (Å²) in [7, 11) is 0. The van der Waals surface area contributed by atoms with Crippen molar-refractivity contribution in [3.8, 4) is 0 Å². The van der Waals surface area contributed by atoms with Crippen LogP contribution in [0.25, 0.3) is 0 Å². The van der Waals surface area contributed by atoms with Crippen LogP contribution in [0.2, 0.25) is 0 Å². The topological polar surface area (TPSA) is 77.7 Å². The third-order valence-electron chi connectivity index (χ3n) is 4.77. The van der Waals surface area contributed by atoms with Gasteiger partial charge in [0.2, 0.25) is 5.89 Å². The van der Waals surface area contributed by atoms with Gasteiger partial charge in [-0.25, -0.2) is 4.79 Å². The first-order valence-electron chi connectivity index (χ1n) is 8.67. The van der Waals surface area contributed by atoms with Gasteiger partial charge >= 0.3 is 6.09 Å². The highest BCUT2D eigenvalue weighted by molar-refractivity contribution is 5.68. The van der Waals surface area contributed by atoms with Crippen molar-refractivity contribution in [3.63, 3.8) is 0 Å². The zero-order chi connectivity index (χ0) is 17.4. The first kappa shape index (κ1) is 17.2. The lowest BCUT2D eigenvalue weighted by Gasteiger charge is -2.37. The molecule has 2 aliphatic heterocycles. The highest BCUT2D eigenvalue weighted by atomic mass is 16.6. The summed E-state index contributed by atoms with van der Waals surface area (Å²) in [5.41, 5.74) is -0.661. The van der Waals surface area contributed by atoms with E-state index in [1.807, 2.05) is 20.8 Å². The number of rotatable bonds is 2. The number of likely N-dealkylation sites (tertiary alicyclic amines) is 1. The molecule has 2 aliphatic rings. The third-order valence-corrected chi connectivity index (χ3v) is 4.77. The molecule has 0 saturated carbocycles. The maximum atomic E-state index is 12.2. The number of piperidine rings is 1. The van der Waals surface area contributed by atoms with Crippen LogP contribution in [0.3, 0.4) is 0 Å². The van der Waals surface area contributed by atoms with Gasteiger partial charge in [0.15, 0.2) is 5.82 Å². The number of carbonyl (C=O) groups is 1. The number of amides is 1. The molecule has 0 bridgehead atoms. The van der Waals surface area contributed by atoms with Crippen LogP contribution in [-0.4, -0.2) is 53.0 Å². The van der Waals surface area contributed by atoms with Crippen LogP contribution in [0.1, 0.15) is 64.6 Å².